The molecule has 0 unspecified atom stereocenters. The van der Waals surface area contributed by atoms with E-state index in [9.17, 15) is 9.18 Å². The van der Waals surface area contributed by atoms with Crippen LogP contribution in [0.2, 0.25) is 0 Å². The minimum Gasteiger partial charge on any atom is -0.330 e. The Morgan fingerprint density at radius 1 is 1.08 bits per heavy atom. The maximum absolute atomic E-state index is 13.1. The van der Waals surface area contributed by atoms with Crippen LogP contribution in [0.3, 0.4) is 0 Å². The van der Waals surface area contributed by atoms with Gasteiger partial charge in [-0.25, -0.2) is 4.39 Å². The second-order valence-corrected chi connectivity index (χ2v) is 6.91. The van der Waals surface area contributed by atoms with Crippen molar-refractivity contribution in [3.8, 4) is 0 Å². The van der Waals surface area contributed by atoms with Crippen LogP contribution in [0.15, 0.2) is 58.9 Å². The first-order chi connectivity index (χ1) is 11.7. The number of para-hydroxylation sites is 1. The Hall–Kier alpha value is -2.45. The maximum Gasteiger partial charge on any atom is 0.234 e. The van der Waals surface area contributed by atoms with Crippen molar-refractivity contribution in [3.63, 3.8) is 0 Å². The summed E-state index contributed by atoms with van der Waals surface area (Å²) >= 11 is 2.61. The minimum absolute atomic E-state index is 0.110. The molecule has 0 saturated carbocycles. The molecule has 1 heterocycles. The highest BCUT2D eigenvalue weighted by molar-refractivity contribution is 8.01. The van der Waals surface area contributed by atoms with Gasteiger partial charge in [0.15, 0.2) is 4.34 Å². The number of nitrogens with zero attached hydrogens (tertiary/aromatic N) is 2. The summed E-state index contributed by atoms with van der Waals surface area (Å²) < 4.78 is 13.8. The summed E-state index contributed by atoms with van der Waals surface area (Å²) in [6.07, 6.45) is 0. The second kappa shape index (κ2) is 7.89. The molecule has 0 spiro atoms. The molecule has 3 aromatic rings. The Kier molecular flexibility index (Phi) is 5.39. The minimum atomic E-state index is -0.323. The standard InChI is InChI=1S/C16H13FN4OS2/c17-11-5-4-8-13(9-11)19-15-20-21-16(24-15)23-10-14(22)18-12-6-2-1-3-7-12/h1-9H,10H2,(H,18,22)(H,19,20). The summed E-state index contributed by atoms with van der Waals surface area (Å²) in [6, 6.07) is 15.4. The Bertz CT molecular complexity index is 826. The fourth-order valence-corrected chi connectivity index (χ4v) is 3.43. The lowest BCUT2D eigenvalue weighted by Gasteiger charge is -2.03. The largest absolute Gasteiger partial charge is 0.330 e. The molecule has 1 aromatic heterocycles. The molecule has 0 atom stereocenters. The molecule has 0 radical (unpaired) electrons. The maximum atomic E-state index is 13.1. The first kappa shape index (κ1) is 16.4. The van der Waals surface area contributed by atoms with E-state index in [1.165, 1.54) is 35.2 Å². The van der Waals surface area contributed by atoms with Crippen molar-refractivity contribution < 1.29 is 9.18 Å². The zero-order chi connectivity index (χ0) is 16.8. The van der Waals surface area contributed by atoms with Gasteiger partial charge in [-0.3, -0.25) is 4.79 Å². The summed E-state index contributed by atoms with van der Waals surface area (Å²) in [4.78, 5) is 11.9. The Morgan fingerprint density at radius 2 is 1.88 bits per heavy atom. The smallest absolute Gasteiger partial charge is 0.234 e. The first-order valence-electron chi connectivity index (χ1n) is 7.03. The number of amides is 1. The highest BCUT2D eigenvalue weighted by atomic mass is 32.2. The highest BCUT2D eigenvalue weighted by Crippen LogP contribution is 2.27. The van der Waals surface area contributed by atoms with E-state index < -0.39 is 0 Å². The SMILES string of the molecule is O=C(CSc1nnc(Nc2cccc(F)c2)s1)Nc1ccccc1. The van der Waals surface area contributed by atoms with Crippen LogP contribution < -0.4 is 10.6 Å². The molecule has 1 amide bonds. The van der Waals surface area contributed by atoms with Gasteiger partial charge >= 0.3 is 0 Å². The van der Waals surface area contributed by atoms with Gasteiger partial charge in [0, 0.05) is 11.4 Å². The van der Waals surface area contributed by atoms with E-state index in [0.717, 1.165) is 5.69 Å². The average molecular weight is 360 g/mol. The normalized spacial score (nSPS) is 10.4. The van der Waals surface area contributed by atoms with E-state index in [2.05, 4.69) is 20.8 Å². The topological polar surface area (TPSA) is 66.9 Å². The van der Waals surface area contributed by atoms with Gasteiger partial charge in [-0.05, 0) is 30.3 Å². The summed E-state index contributed by atoms with van der Waals surface area (Å²) in [5.41, 5.74) is 1.36. The van der Waals surface area contributed by atoms with Crippen molar-refractivity contribution in [3.05, 3.63) is 60.4 Å². The van der Waals surface area contributed by atoms with E-state index in [-0.39, 0.29) is 17.5 Å². The van der Waals surface area contributed by atoms with Gasteiger partial charge in [-0.2, -0.15) is 0 Å². The molecule has 0 aliphatic rings. The number of thioether (sulfide) groups is 1. The number of carbonyl (C=O) groups excluding carboxylic acids is 1. The van der Waals surface area contributed by atoms with Gasteiger partial charge in [-0.15, -0.1) is 10.2 Å². The van der Waals surface area contributed by atoms with Crippen molar-refractivity contribution >= 4 is 45.5 Å². The number of carbonyl (C=O) groups is 1. The summed E-state index contributed by atoms with van der Waals surface area (Å²) in [5.74, 6) is -0.193. The molecule has 3 rings (SSSR count). The zero-order valence-corrected chi connectivity index (χ0v) is 14.0. The van der Waals surface area contributed by atoms with Crippen LogP contribution in [-0.2, 0) is 4.79 Å². The van der Waals surface area contributed by atoms with Crippen molar-refractivity contribution in [1.29, 1.82) is 0 Å². The fraction of sp³-hybridized carbons (Fsp3) is 0.0625. The van der Waals surface area contributed by atoms with Crippen LogP contribution in [0.4, 0.5) is 20.9 Å². The van der Waals surface area contributed by atoms with Gasteiger partial charge in [0.05, 0.1) is 5.75 Å². The van der Waals surface area contributed by atoms with Gasteiger partial charge in [0.1, 0.15) is 5.82 Å². The molecule has 0 bridgehead atoms. The quantitative estimate of drug-likeness (QED) is 0.647. The number of rotatable bonds is 6. The molecule has 122 valence electrons. The number of hydrogen-bond acceptors (Lipinski definition) is 6. The number of hydrogen-bond donors (Lipinski definition) is 2. The Morgan fingerprint density at radius 3 is 2.67 bits per heavy atom. The van der Waals surface area contributed by atoms with Crippen LogP contribution in [0.1, 0.15) is 0 Å². The number of aromatic nitrogens is 2. The molecule has 0 fully saturated rings. The second-order valence-electron chi connectivity index (χ2n) is 4.71. The summed E-state index contributed by atoms with van der Waals surface area (Å²) in [7, 11) is 0. The third kappa shape index (κ3) is 4.77. The van der Waals surface area contributed by atoms with E-state index in [4.69, 9.17) is 0 Å². The molecular formula is C16H13FN4OS2. The third-order valence-corrected chi connectivity index (χ3v) is 4.84. The van der Waals surface area contributed by atoms with Crippen LogP contribution >= 0.6 is 23.1 Å². The first-order valence-corrected chi connectivity index (χ1v) is 8.83. The van der Waals surface area contributed by atoms with E-state index in [1.807, 2.05) is 30.3 Å². The molecular weight excluding hydrogens is 347 g/mol. The molecule has 5 nitrogen and oxygen atoms in total. The summed E-state index contributed by atoms with van der Waals surface area (Å²) in [5, 5.41) is 14.3. The number of benzene rings is 2. The van der Waals surface area contributed by atoms with Crippen LogP contribution in [-0.4, -0.2) is 21.9 Å². The number of nitrogens with one attached hydrogen (secondary N) is 2. The Labute approximate surface area is 146 Å². The lowest BCUT2D eigenvalue weighted by molar-refractivity contribution is -0.113. The van der Waals surface area contributed by atoms with Gasteiger partial charge in [0.25, 0.3) is 0 Å². The molecule has 0 aliphatic carbocycles. The molecule has 24 heavy (non-hydrogen) atoms. The summed E-state index contributed by atoms with van der Waals surface area (Å²) in [6.45, 7) is 0. The van der Waals surface area contributed by atoms with Gasteiger partial charge < -0.3 is 10.6 Å². The molecule has 0 saturated heterocycles. The van der Waals surface area contributed by atoms with Gasteiger partial charge in [-0.1, -0.05) is 47.4 Å². The van der Waals surface area contributed by atoms with Crippen LogP contribution in [0.5, 0.6) is 0 Å². The molecule has 2 N–H and O–H groups in total. The fourth-order valence-electron chi connectivity index (χ4n) is 1.85. The third-order valence-electron chi connectivity index (χ3n) is 2.87. The Balaban J connectivity index is 1.51. The van der Waals surface area contributed by atoms with Gasteiger partial charge in [0.2, 0.25) is 11.0 Å². The van der Waals surface area contributed by atoms with E-state index in [0.29, 0.717) is 15.2 Å². The van der Waals surface area contributed by atoms with Crippen LogP contribution in [0, 0.1) is 5.82 Å². The zero-order valence-electron chi connectivity index (χ0n) is 12.4. The van der Waals surface area contributed by atoms with Crippen molar-refractivity contribution in [1.82, 2.24) is 10.2 Å². The lowest BCUT2D eigenvalue weighted by atomic mass is 10.3. The van der Waals surface area contributed by atoms with Crippen molar-refractivity contribution in [2.45, 2.75) is 4.34 Å². The van der Waals surface area contributed by atoms with Crippen molar-refractivity contribution in [2.24, 2.45) is 0 Å². The molecule has 2 aromatic carbocycles. The van der Waals surface area contributed by atoms with E-state index in [1.54, 1.807) is 12.1 Å². The van der Waals surface area contributed by atoms with Crippen molar-refractivity contribution in [2.75, 3.05) is 16.4 Å². The van der Waals surface area contributed by atoms with E-state index >= 15 is 0 Å². The molecule has 0 aliphatic heterocycles. The van der Waals surface area contributed by atoms with Crippen LogP contribution in [0.25, 0.3) is 0 Å². The highest BCUT2D eigenvalue weighted by Gasteiger charge is 2.09. The molecule has 8 heteroatoms. The monoisotopic (exact) mass is 360 g/mol. The number of halogens is 1. The number of anilines is 3. The average Bonchev–Trinajstić information content (AvgIpc) is 3.01. The predicted octanol–water partition coefficient (Wildman–Crippen LogP) is 4.15. The lowest BCUT2D eigenvalue weighted by Crippen LogP contribution is -2.13. The predicted molar refractivity (Wildman–Crippen MR) is 95.4 cm³/mol.